The third kappa shape index (κ3) is 2.49. The Morgan fingerprint density at radius 2 is 1.90 bits per heavy atom. The molecule has 1 heterocycles. The van der Waals surface area contributed by atoms with Crippen LogP contribution < -0.4 is 0 Å². The molecule has 20 heavy (non-hydrogen) atoms. The lowest BCUT2D eigenvalue weighted by Crippen LogP contribution is -2.14. The Kier molecular flexibility index (Phi) is 3.60. The van der Waals surface area contributed by atoms with Gasteiger partial charge in [-0.3, -0.25) is 9.59 Å². The SMILES string of the molecule is O=C(I)c1ccc(-c2ncc3c(n2)C(=O)CCC3)cc1. The van der Waals surface area contributed by atoms with Gasteiger partial charge in [0.15, 0.2) is 11.6 Å². The van der Waals surface area contributed by atoms with Crippen molar-refractivity contribution in [3.05, 3.63) is 47.3 Å². The number of nitrogens with zero attached hydrogens (tertiary/aromatic N) is 2. The normalized spacial score (nSPS) is 13.9. The predicted octanol–water partition coefficient (Wildman–Crippen LogP) is 3.24. The summed E-state index contributed by atoms with van der Waals surface area (Å²) in [5.41, 5.74) is 2.94. The first kappa shape index (κ1) is 13.4. The molecule has 100 valence electrons. The molecule has 1 aliphatic carbocycles. The highest BCUT2D eigenvalue weighted by molar-refractivity contribution is 14.1. The molecule has 0 spiro atoms. The highest BCUT2D eigenvalue weighted by Crippen LogP contribution is 2.23. The minimum Gasteiger partial charge on any atom is -0.292 e. The van der Waals surface area contributed by atoms with Crippen LogP contribution in [0.3, 0.4) is 0 Å². The van der Waals surface area contributed by atoms with Gasteiger partial charge >= 0.3 is 0 Å². The van der Waals surface area contributed by atoms with E-state index in [1.165, 1.54) is 0 Å². The second kappa shape index (κ2) is 5.40. The summed E-state index contributed by atoms with van der Waals surface area (Å²) < 4.78 is -0.00399. The first-order valence-corrected chi connectivity index (χ1v) is 7.42. The first-order valence-electron chi connectivity index (χ1n) is 6.34. The topological polar surface area (TPSA) is 59.9 Å². The highest BCUT2D eigenvalue weighted by Gasteiger charge is 2.20. The summed E-state index contributed by atoms with van der Waals surface area (Å²) in [7, 11) is 0. The molecular formula is C15H11IN2O2. The second-order valence-corrected chi connectivity index (χ2v) is 5.68. The van der Waals surface area contributed by atoms with E-state index in [0.717, 1.165) is 24.0 Å². The van der Waals surface area contributed by atoms with E-state index in [0.29, 0.717) is 23.5 Å². The quantitative estimate of drug-likeness (QED) is 0.595. The molecule has 3 rings (SSSR count). The maximum Gasteiger partial charge on any atom is 0.222 e. The number of ketones is 1. The number of hydrogen-bond donors (Lipinski definition) is 0. The van der Waals surface area contributed by atoms with E-state index in [1.54, 1.807) is 53.1 Å². The third-order valence-corrected chi connectivity index (χ3v) is 3.97. The van der Waals surface area contributed by atoms with Gasteiger partial charge in [-0.25, -0.2) is 9.97 Å². The van der Waals surface area contributed by atoms with Crippen molar-refractivity contribution < 1.29 is 9.59 Å². The fourth-order valence-electron chi connectivity index (χ4n) is 2.28. The molecule has 0 amide bonds. The molecule has 0 N–H and O–H groups in total. The second-order valence-electron chi connectivity index (χ2n) is 4.70. The van der Waals surface area contributed by atoms with E-state index in [-0.39, 0.29) is 9.57 Å². The Labute approximate surface area is 129 Å². The van der Waals surface area contributed by atoms with Crippen LogP contribution in [-0.4, -0.2) is 19.5 Å². The number of aryl methyl sites for hydroxylation is 1. The van der Waals surface area contributed by atoms with Crippen LogP contribution >= 0.6 is 22.6 Å². The smallest absolute Gasteiger partial charge is 0.222 e. The van der Waals surface area contributed by atoms with Gasteiger partial charge in [-0.1, -0.05) is 12.1 Å². The van der Waals surface area contributed by atoms with Gasteiger partial charge in [0.25, 0.3) is 0 Å². The molecule has 4 nitrogen and oxygen atoms in total. The van der Waals surface area contributed by atoms with Gasteiger partial charge in [0, 0.05) is 46.3 Å². The highest BCUT2D eigenvalue weighted by atomic mass is 127. The lowest BCUT2D eigenvalue weighted by Gasteiger charge is -2.13. The van der Waals surface area contributed by atoms with Gasteiger partial charge in [0.05, 0.1) is 0 Å². The summed E-state index contributed by atoms with van der Waals surface area (Å²) >= 11 is 1.75. The van der Waals surface area contributed by atoms with Crippen LogP contribution in [0.15, 0.2) is 30.5 Å². The van der Waals surface area contributed by atoms with Crippen LogP contribution in [0.1, 0.15) is 39.3 Å². The standard InChI is InChI=1S/C15H11IN2O2/c16-14(20)9-4-6-10(7-5-9)15-17-8-11-2-1-3-12(19)13(11)18-15/h4-8H,1-3H2. The molecule has 0 atom stereocenters. The van der Waals surface area contributed by atoms with Gasteiger partial charge in [0.1, 0.15) is 5.69 Å². The van der Waals surface area contributed by atoms with Crippen molar-refractivity contribution in [1.29, 1.82) is 0 Å². The van der Waals surface area contributed by atoms with Gasteiger partial charge in [-0.05, 0) is 30.5 Å². The zero-order valence-electron chi connectivity index (χ0n) is 10.6. The first-order chi connectivity index (χ1) is 9.65. The minimum atomic E-state index is -0.00399. The largest absolute Gasteiger partial charge is 0.292 e. The van der Waals surface area contributed by atoms with E-state index in [2.05, 4.69) is 9.97 Å². The molecule has 1 aromatic carbocycles. The summed E-state index contributed by atoms with van der Waals surface area (Å²) in [4.78, 5) is 31.8. The Morgan fingerprint density at radius 1 is 1.15 bits per heavy atom. The Balaban J connectivity index is 2.00. The van der Waals surface area contributed by atoms with Crippen molar-refractivity contribution >= 4 is 32.2 Å². The lowest BCUT2D eigenvalue weighted by atomic mass is 9.96. The number of benzene rings is 1. The molecule has 0 bridgehead atoms. The minimum absolute atomic E-state index is 0.00399. The van der Waals surface area contributed by atoms with Crippen LogP contribution in [0, 0.1) is 0 Å². The van der Waals surface area contributed by atoms with Crippen LogP contribution in [-0.2, 0) is 6.42 Å². The zero-order chi connectivity index (χ0) is 14.1. The Bertz CT molecular complexity index is 696. The van der Waals surface area contributed by atoms with Crippen LogP contribution in [0.25, 0.3) is 11.4 Å². The van der Waals surface area contributed by atoms with Crippen molar-refractivity contribution in [3.63, 3.8) is 0 Å². The number of hydrogen-bond acceptors (Lipinski definition) is 4. The molecule has 0 aliphatic heterocycles. The van der Waals surface area contributed by atoms with E-state index in [9.17, 15) is 9.59 Å². The van der Waals surface area contributed by atoms with Crippen LogP contribution in [0.2, 0.25) is 0 Å². The van der Waals surface area contributed by atoms with Crippen LogP contribution in [0.5, 0.6) is 0 Å². The Hall–Kier alpha value is -1.63. The molecule has 0 radical (unpaired) electrons. The summed E-state index contributed by atoms with van der Waals surface area (Å²) in [6.45, 7) is 0. The molecule has 0 saturated carbocycles. The summed E-state index contributed by atoms with van der Waals surface area (Å²) in [6, 6.07) is 7.10. The van der Waals surface area contributed by atoms with Crippen molar-refractivity contribution in [3.8, 4) is 11.4 Å². The van der Waals surface area contributed by atoms with Crippen molar-refractivity contribution in [2.45, 2.75) is 19.3 Å². The number of rotatable bonds is 2. The average molecular weight is 378 g/mol. The van der Waals surface area contributed by atoms with E-state index >= 15 is 0 Å². The molecule has 5 heteroatoms. The summed E-state index contributed by atoms with van der Waals surface area (Å²) in [6.07, 6.45) is 4.04. The number of halogens is 1. The summed E-state index contributed by atoms with van der Waals surface area (Å²) in [5.74, 6) is 0.625. The fourth-order valence-corrected chi connectivity index (χ4v) is 2.64. The van der Waals surface area contributed by atoms with E-state index in [1.807, 2.05) is 0 Å². The third-order valence-electron chi connectivity index (χ3n) is 3.35. The molecule has 0 unspecified atom stereocenters. The van der Waals surface area contributed by atoms with Gasteiger partial charge in [-0.2, -0.15) is 0 Å². The number of Topliss-reactive ketones (excluding diaryl/α,β-unsaturated/α-hetero) is 1. The maximum atomic E-state index is 11.9. The molecule has 0 saturated heterocycles. The number of carbonyl (C=O) groups is 2. The van der Waals surface area contributed by atoms with Crippen LogP contribution in [0.4, 0.5) is 0 Å². The molecule has 0 fully saturated rings. The average Bonchev–Trinajstić information content (AvgIpc) is 2.47. The van der Waals surface area contributed by atoms with E-state index < -0.39 is 0 Å². The zero-order valence-corrected chi connectivity index (χ0v) is 12.8. The monoisotopic (exact) mass is 378 g/mol. The van der Waals surface area contributed by atoms with Crippen molar-refractivity contribution in [2.24, 2.45) is 0 Å². The number of carbonyl (C=O) groups excluding carboxylic acids is 2. The van der Waals surface area contributed by atoms with Gasteiger partial charge in [0.2, 0.25) is 3.79 Å². The molecular weight excluding hydrogens is 367 g/mol. The Morgan fingerprint density at radius 3 is 2.60 bits per heavy atom. The molecule has 1 aliphatic rings. The van der Waals surface area contributed by atoms with Crippen molar-refractivity contribution in [1.82, 2.24) is 9.97 Å². The lowest BCUT2D eigenvalue weighted by molar-refractivity contribution is 0.0966. The predicted molar refractivity (Wildman–Crippen MR) is 83.1 cm³/mol. The van der Waals surface area contributed by atoms with Gasteiger partial charge in [-0.15, -0.1) is 0 Å². The molecule has 1 aromatic heterocycles. The summed E-state index contributed by atoms with van der Waals surface area (Å²) in [5, 5.41) is 0. The number of fused-ring (bicyclic) bond motifs is 1. The van der Waals surface area contributed by atoms with Gasteiger partial charge < -0.3 is 0 Å². The maximum absolute atomic E-state index is 11.9. The fraction of sp³-hybridized carbons (Fsp3) is 0.200. The molecule has 2 aromatic rings. The van der Waals surface area contributed by atoms with E-state index in [4.69, 9.17) is 0 Å². The van der Waals surface area contributed by atoms with Crippen molar-refractivity contribution in [2.75, 3.05) is 0 Å². The number of aromatic nitrogens is 2.